The second kappa shape index (κ2) is 6.19. The van der Waals surface area contributed by atoms with Crippen LogP contribution in [0.25, 0.3) is 0 Å². The summed E-state index contributed by atoms with van der Waals surface area (Å²) in [6.45, 7) is 7.85. The van der Waals surface area contributed by atoms with E-state index in [-0.39, 0.29) is 0 Å². The van der Waals surface area contributed by atoms with Crippen LogP contribution >= 0.6 is 0 Å². The van der Waals surface area contributed by atoms with E-state index in [1.165, 1.54) is 51.5 Å². The van der Waals surface area contributed by atoms with E-state index in [0.717, 1.165) is 19.1 Å². The normalized spacial score (nSPS) is 28.8. The molecule has 2 aliphatic rings. The number of nitrogens with one attached hydrogen (secondary N) is 1. The van der Waals surface area contributed by atoms with Crippen molar-refractivity contribution in [1.82, 2.24) is 5.32 Å². The molecule has 0 aromatic carbocycles. The third-order valence-corrected chi connectivity index (χ3v) is 4.43. The van der Waals surface area contributed by atoms with Crippen LogP contribution in [0.2, 0.25) is 0 Å². The second-order valence-corrected chi connectivity index (χ2v) is 6.60. The van der Waals surface area contributed by atoms with Gasteiger partial charge in [0, 0.05) is 19.2 Å². The Hall–Kier alpha value is -0.0800. The predicted molar refractivity (Wildman–Crippen MR) is 72.2 cm³/mol. The highest BCUT2D eigenvalue weighted by atomic mass is 16.5. The summed E-state index contributed by atoms with van der Waals surface area (Å²) >= 11 is 0. The topological polar surface area (TPSA) is 21.3 Å². The minimum Gasteiger partial charge on any atom is -0.380 e. The molecule has 1 saturated carbocycles. The Labute approximate surface area is 107 Å². The van der Waals surface area contributed by atoms with Gasteiger partial charge in [0.2, 0.25) is 0 Å². The number of hydrogen-bond donors (Lipinski definition) is 1. The van der Waals surface area contributed by atoms with Crippen molar-refractivity contribution >= 4 is 0 Å². The summed E-state index contributed by atoms with van der Waals surface area (Å²) in [4.78, 5) is 0. The standard InChI is InChI=1S/C15H29NO/c1-13(2)10-15(7-3-4-8-15)12-16-14-6-5-9-17-11-14/h13-14,16H,3-12H2,1-2H3. The van der Waals surface area contributed by atoms with Gasteiger partial charge >= 0.3 is 0 Å². The van der Waals surface area contributed by atoms with Crippen LogP contribution in [0.15, 0.2) is 0 Å². The fourth-order valence-corrected chi connectivity index (χ4v) is 3.71. The molecule has 1 aliphatic heterocycles. The van der Waals surface area contributed by atoms with Gasteiger partial charge in [-0.1, -0.05) is 26.7 Å². The Morgan fingerprint density at radius 2 is 2.00 bits per heavy atom. The lowest BCUT2D eigenvalue weighted by molar-refractivity contribution is 0.0641. The first kappa shape index (κ1) is 13.4. The van der Waals surface area contributed by atoms with Crippen molar-refractivity contribution in [1.29, 1.82) is 0 Å². The largest absolute Gasteiger partial charge is 0.380 e. The molecular formula is C15H29NO. The van der Waals surface area contributed by atoms with Gasteiger partial charge in [0.15, 0.2) is 0 Å². The molecule has 0 aromatic heterocycles. The van der Waals surface area contributed by atoms with Crippen LogP contribution in [0.1, 0.15) is 58.8 Å². The van der Waals surface area contributed by atoms with Gasteiger partial charge in [-0.05, 0) is 43.4 Å². The van der Waals surface area contributed by atoms with Crippen molar-refractivity contribution < 1.29 is 4.74 Å². The first-order chi connectivity index (χ1) is 8.20. The molecular weight excluding hydrogens is 210 g/mol. The molecule has 1 N–H and O–H groups in total. The lowest BCUT2D eigenvalue weighted by atomic mass is 9.78. The molecule has 2 nitrogen and oxygen atoms in total. The van der Waals surface area contributed by atoms with Gasteiger partial charge in [0.1, 0.15) is 0 Å². The maximum atomic E-state index is 5.55. The van der Waals surface area contributed by atoms with Gasteiger partial charge in [-0.2, -0.15) is 0 Å². The minimum atomic E-state index is 0.603. The number of hydrogen-bond acceptors (Lipinski definition) is 2. The average molecular weight is 239 g/mol. The van der Waals surface area contributed by atoms with Crippen molar-refractivity contribution in [3.05, 3.63) is 0 Å². The first-order valence-corrected chi connectivity index (χ1v) is 7.51. The van der Waals surface area contributed by atoms with E-state index in [1.807, 2.05) is 0 Å². The highest BCUT2D eigenvalue weighted by molar-refractivity contribution is 4.88. The molecule has 0 amide bonds. The molecule has 1 atom stereocenters. The summed E-state index contributed by atoms with van der Waals surface area (Å²) in [6, 6.07) is 0.619. The molecule has 0 aromatic rings. The van der Waals surface area contributed by atoms with Crippen LogP contribution in [0.3, 0.4) is 0 Å². The van der Waals surface area contributed by atoms with Crippen LogP contribution in [0.5, 0.6) is 0 Å². The Kier molecular flexibility index (Phi) is 4.87. The summed E-state index contributed by atoms with van der Waals surface area (Å²) < 4.78 is 5.55. The van der Waals surface area contributed by atoms with Crippen molar-refractivity contribution in [2.45, 2.75) is 64.8 Å². The number of rotatable bonds is 5. The van der Waals surface area contributed by atoms with Crippen LogP contribution in [-0.2, 0) is 4.74 Å². The minimum absolute atomic E-state index is 0.603. The molecule has 0 spiro atoms. The summed E-state index contributed by atoms with van der Waals surface area (Å²) in [7, 11) is 0. The fraction of sp³-hybridized carbons (Fsp3) is 1.00. The summed E-state index contributed by atoms with van der Waals surface area (Å²) in [5, 5.41) is 3.78. The zero-order valence-electron chi connectivity index (χ0n) is 11.6. The van der Waals surface area contributed by atoms with Crippen LogP contribution < -0.4 is 5.32 Å². The molecule has 2 rings (SSSR count). The smallest absolute Gasteiger partial charge is 0.0619 e. The fourth-order valence-electron chi connectivity index (χ4n) is 3.71. The van der Waals surface area contributed by atoms with Crippen molar-refractivity contribution in [3.8, 4) is 0 Å². The van der Waals surface area contributed by atoms with Gasteiger partial charge in [-0.15, -0.1) is 0 Å². The third kappa shape index (κ3) is 3.96. The monoisotopic (exact) mass is 239 g/mol. The SMILES string of the molecule is CC(C)CC1(CNC2CCCOC2)CCCC1. The third-order valence-electron chi connectivity index (χ3n) is 4.43. The lowest BCUT2D eigenvalue weighted by Crippen LogP contribution is -2.43. The number of ether oxygens (including phenoxy) is 1. The molecule has 1 heterocycles. The highest BCUT2D eigenvalue weighted by Crippen LogP contribution is 2.42. The molecule has 100 valence electrons. The van der Waals surface area contributed by atoms with E-state index >= 15 is 0 Å². The molecule has 17 heavy (non-hydrogen) atoms. The Morgan fingerprint density at radius 3 is 2.59 bits per heavy atom. The highest BCUT2D eigenvalue weighted by Gasteiger charge is 2.34. The quantitative estimate of drug-likeness (QED) is 0.794. The van der Waals surface area contributed by atoms with Crippen molar-refractivity contribution in [2.24, 2.45) is 11.3 Å². The summed E-state index contributed by atoms with van der Waals surface area (Å²) in [6.07, 6.45) is 9.68. The van der Waals surface area contributed by atoms with Crippen LogP contribution in [-0.4, -0.2) is 25.8 Å². The molecule has 1 unspecified atom stereocenters. The maximum Gasteiger partial charge on any atom is 0.0619 e. The molecule has 1 aliphatic carbocycles. The molecule has 2 heteroatoms. The Morgan fingerprint density at radius 1 is 1.24 bits per heavy atom. The van der Waals surface area contributed by atoms with Crippen LogP contribution in [0, 0.1) is 11.3 Å². The Bertz CT molecular complexity index is 215. The molecule has 0 radical (unpaired) electrons. The van der Waals surface area contributed by atoms with Gasteiger partial charge in [-0.3, -0.25) is 0 Å². The molecule has 0 bridgehead atoms. The second-order valence-electron chi connectivity index (χ2n) is 6.60. The van der Waals surface area contributed by atoms with E-state index in [9.17, 15) is 0 Å². The van der Waals surface area contributed by atoms with Crippen LogP contribution in [0.4, 0.5) is 0 Å². The van der Waals surface area contributed by atoms with E-state index in [0.29, 0.717) is 11.5 Å². The lowest BCUT2D eigenvalue weighted by Gasteiger charge is -2.34. The van der Waals surface area contributed by atoms with Crippen molar-refractivity contribution in [3.63, 3.8) is 0 Å². The van der Waals surface area contributed by atoms with Crippen molar-refractivity contribution in [2.75, 3.05) is 19.8 Å². The van der Waals surface area contributed by atoms with Gasteiger partial charge < -0.3 is 10.1 Å². The summed E-state index contributed by atoms with van der Waals surface area (Å²) in [5.41, 5.74) is 0.603. The zero-order chi connectivity index (χ0) is 12.1. The first-order valence-electron chi connectivity index (χ1n) is 7.51. The van der Waals surface area contributed by atoms with E-state index in [1.54, 1.807) is 0 Å². The average Bonchev–Trinajstić information content (AvgIpc) is 2.76. The van der Waals surface area contributed by atoms with Gasteiger partial charge in [0.25, 0.3) is 0 Å². The summed E-state index contributed by atoms with van der Waals surface area (Å²) in [5.74, 6) is 0.831. The van der Waals surface area contributed by atoms with E-state index < -0.39 is 0 Å². The Balaban J connectivity index is 1.80. The van der Waals surface area contributed by atoms with E-state index in [2.05, 4.69) is 19.2 Å². The maximum absolute atomic E-state index is 5.55. The molecule has 2 fully saturated rings. The van der Waals surface area contributed by atoms with Gasteiger partial charge in [0.05, 0.1) is 6.61 Å². The predicted octanol–water partition coefficient (Wildman–Crippen LogP) is 3.36. The zero-order valence-corrected chi connectivity index (χ0v) is 11.6. The molecule has 1 saturated heterocycles. The van der Waals surface area contributed by atoms with E-state index in [4.69, 9.17) is 4.74 Å². The van der Waals surface area contributed by atoms with Gasteiger partial charge in [-0.25, -0.2) is 0 Å².